The summed E-state index contributed by atoms with van der Waals surface area (Å²) in [6, 6.07) is 5.83. The number of rotatable bonds is 11. The second-order valence-electron chi connectivity index (χ2n) is 7.76. The molecule has 1 amide bonds. The molecule has 29 heavy (non-hydrogen) atoms. The van der Waals surface area contributed by atoms with Gasteiger partial charge in [0.05, 0.1) is 13.7 Å². The Morgan fingerprint density at radius 3 is 2.59 bits per heavy atom. The van der Waals surface area contributed by atoms with Gasteiger partial charge in [0.2, 0.25) is 5.91 Å². The van der Waals surface area contributed by atoms with Crippen LogP contribution in [-0.4, -0.2) is 36.7 Å². The normalized spacial score (nSPS) is 19.1. The molecular weight excluding hydrogens is 370 g/mol. The first-order chi connectivity index (χ1) is 14.0. The van der Waals surface area contributed by atoms with E-state index in [0.29, 0.717) is 24.5 Å². The molecule has 0 aromatic heterocycles. The summed E-state index contributed by atoms with van der Waals surface area (Å²) in [4.78, 5) is 22.7. The zero-order valence-corrected chi connectivity index (χ0v) is 17.5. The van der Waals surface area contributed by atoms with Gasteiger partial charge in [-0.15, -0.1) is 0 Å². The average molecular weight is 404 g/mol. The van der Waals surface area contributed by atoms with E-state index in [-0.39, 0.29) is 18.4 Å². The van der Waals surface area contributed by atoms with E-state index in [4.69, 9.17) is 14.6 Å². The highest BCUT2D eigenvalue weighted by atomic mass is 16.5. The van der Waals surface area contributed by atoms with Crippen LogP contribution in [0, 0.1) is 5.92 Å². The number of aliphatic carboxylic acids is 1. The smallest absolute Gasteiger partial charge is 0.303 e. The van der Waals surface area contributed by atoms with Crippen molar-refractivity contribution >= 4 is 18.0 Å². The standard InChI is InChI=1S/C23H33NO5/c1-17-7-11-19(12-8-17)24-22(25)14-10-18-9-13-20(21(16-18)28-2)29-15-5-3-4-6-23(26)27/h9-10,13-14,16-17,19H,3-8,11-12,15H2,1-2H3,(H,24,25)(H,26,27)/b14-10+/t17-,19-. The predicted molar refractivity (Wildman–Crippen MR) is 113 cm³/mol. The number of amides is 1. The Kier molecular flexibility index (Phi) is 9.54. The minimum atomic E-state index is -0.766. The summed E-state index contributed by atoms with van der Waals surface area (Å²) >= 11 is 0. The number of carboxylic acids is 1. The van der Waals surface area contributed by atoms with Crippen LogP contribution in [0.5, 0.6) is 11.5 Å². The third kappa shape index (κ3) is 8.59. The Morgan fingerprint density at radius 2 is 1.90 bits per heavy atom. The Hall–Kier alpha value is -2.50. The first-order valence-corrected chi connectivity index (χ1v) is 10.5. The molecule has 2 N–H and O–H groups in total. The van der Waals surface area contributed by atoms with Gasteiger partial charge >= 0.3 is 5.97 Å². The van der Waals surface area contributed by atoms with Crippen molar-refractivity contribution in [1.29, 1.82) is 0 Å². The van der Waals surface area contributed by atoms with Crippen LogP contribution in [0.25, 0.3) is 6.08 Å². The van der Waals surface area contributed by atoms with Crippen LogP contribution in [0.4, 0.5) is 0 Å². The Morgan fingerprint density at radius 1 is 1.14 bits per heavy atom. The molecule has 0 heterocycles. The Balaban J connectivity index is 1.80. The van der Waals surface area contributed by atoms with E-state index in [0.717, 1.165) is 37.2 Å². The van der Waals surface area contributed by atoms with Gasteiger partial charge in [0.1, 0.15) is 0 Å². The lowest BCUT2D eigenvalue weighted by Gasteiger charge is -2.26. The maximum atomic E-state index is 12.2. The molecule has 1 aliphatic rings. The molecule has 1 fully saturated rings. The van der Waals surface area contributed by atoms with E-state index in [1.165, 1.54) is 12.8 Å². The predicted octanol–water partition coefficient (Wildman–Crippen LogP) is 4.43. The summed E-state index contributed by atoms with van der Waals surface area (Å²) in [5.74, 6) is 1.18. The average Bonchev–Trinajstić information content (AvgIpc) is 2.71. The van der Waals surface area contributed by atoms with Gasteiger partial charge in [0.15, 0.2) is 11.5 Å². The van der Waals surface area contributed by atoms with Crippen LogP contribution >= 0.6 is 0 Å². The number of hydrogen-bond acceptors (Lipinski definition) is 4. The van der Waals surface area contributed by atoms with Gasteiger partial charge in [-0.1, -0.05) is 13.0 Å². The molecule has 0 aliphatic heterocycles. The van der Waals surface area contributed by atoms with Crippen molar-refractivity contribution in [3.63, 3.8) is 0 Å². The van der Waals surface area contributed by atoms with Crippen molar-refractivity contribution in [2.45, 2.75) is 64.3 Å². The van der Waals surface area contributed by atoms with Gasteiger partial charge in [-0.25, -0.2) is 0 Å². The Bertz CT molecular complexity index is 693. The zero-order valence-electron chi connectivity index (χ0n) is 17.5. The first-order valence-electron chi connectivity index (χ1n) is 10.5. The van der Waals surface area contributed by atoms with E-state index in [2.05, 4.69) is 12.2 Å². The number of ether oxygens (including phenoxy) is 2. The number of unbranched alkanes of at least 4 members (excludes halogenated alkanes) is 2. The van der Waals surface area contributed by atoms with Crippen LogP contribution in [0.2, 0.25) is 0 Å². The lowest BCUT2D eigenvalue weighted by Crippen LogP contribution is -2.36. The van der Waals surface area contributed by atoms with Gasteiger partial charge in [-0.3, -0.25) is 9.59 Å². The van der Waals surface area contributed by atoms with Crippen molar-refractivity contribution in [2.75, 3.05) is 13.7 Å². The largest absolute Gasteiger partial charge is 0.493 e. The fraction of sp³-hybridized carbons (Fsp3) is 0.565. The van der Waals surface area contributed by atoms with Crippen molar-refractivity contribution in [1.82, 2.24) is 5.32 Å². The molecule has 1 saturated carbocycles. The molecule has 0 spiro atoms. The number of carbonyl (C=O) groups is 2. The van der Waals surface area contributed by atoms with Gasteiger partial charge in [0.25, 0.3) is 0 Å². The van der Waals surface area contributed by atoms with Crippen molar-refractivity contribution in [2.24, 2.45) is 5.92 Å². The summed E-state index contributed by atoms with van der Waals surface area (Å²) in [6.07, 6.45) is 10.2. The van der Waals surface area contributed by atoms with Crippen molar-refractivity contribution in [3.8, 4) is 11.5 Å². The fourth-order valence-electron chi connectivity index (χ4n) is 3.47. The molecule has 160 valence electrons. The lowest BCUT2D eigenvalue weighted by atomic mass is 9.87. The van der Waals surface area contributed by atoms with Crippen LogP contribution in [0.3, 0.4) is 0 Å². The van der Waals surface area contributed by atoms with E-state index < -0.39 is 5.97 Å². The molecule has 1 aliphatic carbocycles. The highest BCUT2D eigenvalue weighted by Crippen LogP contribution is 2.29. The highest BCUT2D eigenvalue weighted by Gasteiger charge is 2.18. The van der Waals surface area contributed by atoms with Crippen molar-refractivity contribution in [3.05, 3.63) is 29.8 Å². The monoisotopic (exact) mass is 403 g/mol. The minimum absolute atomic E-state index is 0.0646. The summed E-state index contributed by atoms with van der Waals surface area (Å²) in [6.45, 7) is 2.77. The zero-order chi connectivity index (χ0) is 21.1. The van der Waals surface area contributed by atoms with Gasteiger partial charge in [0, 0.05) is 18.5 Å². The molecule has 0 radical (unpaired) electrons. The van der Waals surface area contributed by atoms with E-state index in [9.17, 15) is 9.59 Å². The molecule has 1 aromatic carbocycles. The molecule has 2 rings (SSSR count). The van der Waals surface area contributed by atoms with Crippen LogP contribution in [0.1, 0.15) is 63.9 Å². The lowest BCUT2D eigenvalue weighted by molar-refractivity contribution is -0.137. The maximum absolute atomic E-state index is 12.2. The maximum Gasteiger partial charge on any atom is 0.303 e. The number of hydrogen-bond donors (Lipinski definition) is 2. The number of benzene rings is 1. The number of carbonyl (C=O) groups excluding carboxylic acids is 1. The Labute approximate surface area is 173 Å². The molecule has 0 bridgehead atoms. The highest BCUT2D eigenvalue weighted by molar-refractivity contribution is 5.92. The quantitative estimate of drug-likeness (QED) is 0.422. The van der Waals surface area contributed by atoms with Gasteiger partial charge in [-0.2, -0.15) is 0 Å². The van der Waals surface area contributed by atoms with E-state index in [1.807, 2.05) is 18.2 Å². The summed E-state index contributed by atoms with van der Waals surface area (Å²) in [5.41, 5.74) is 0.864. The second kappa shape index (κ2) is 12.1. The summed E-state index contributed by atoms with van der Waals surface area (Å²) in [7, 11) is 1.58. The number of carboxylic acid groups (broad SMARTS) is 1. The number of nitrogens with one attached hydrogen (secondary N) is 1. The van der Waals surface area contributed by atoms with Crippen molar-refractivity contribution < 1.29 is 24.2 Å². The fourth-order valence-corrected chi connectivity index (χ4v) is 3.47. The SMILES string of the molecule is COc1cc(/C=C/C(=O)N[C@H]2CC[C@H](C)CC2)ccc1OCCCCCC(=O)O. The molecule has 6 heteroatoms. The second-order valence-corrected chi connectivity index (χ2v) is 7.76. The topological polar surface area (TPSA) is 84.9 Å². The third-order valence-corrected chi connectivity index (χ3v) is 5.27. The van der Waals surface area contributed by atoms with Crippen LogP contribution < -0.4 is 14.8 Å². The van der Waals surface area contributed by atoms with Gasteiger partial charge in [-0.05, 0) is 74.6 Å². The molecule has 0 unspecified atom stereocenters. The summed E-state index contributed by atoms with van der Waals surface area (Å²) < 4.78 is 11.1. The number of methoxy groups -OCH3 is 1. The molecular formula is C23H33NO5. The van der Waals surface area contributed by atoms with Gasteiger partial charge < -0.3 is 19.9 Å². The molecule has 0 saturated heterocycles. The van der Waals surface area contributed by atoms with Crippen LogP contribution in [-0.2, 0) is 9.59 Å². The molecule has 1 aromatic rings. The molecule has 6 nitrogen and oxygen atoms in total. The van der Waals surface area contributed by atoms with Crippen LogP contribution in [0.15, 0.2) is 24.3 Å². The third-order valence-electron chi connectivity index (χ3n) is 5.27. The van der Waals surface area contributed by atoms with E-state index in [1.54, 1.807) is 19.3 Å². The summed E-state index contributed by atoms with van der Waals surface area (Å²) in [5, 5.41) is 11.7. The first kappa shape index (κ1) is 22.8. The minimum Gasteiger partial charge on any atom is -0.493 e. The van der Waals surface area contributed by atoms with E-state index >= 15 is 0 Å². The molecule has 0 atom stereocenters.